The molecule has 2 fully saturated rings. The number of halogens is 7. The van der Waals surface area contributed by atoms with Crippen LogP contribution < -0.4 is 0 Å². The molecule has 4 heterocycles. The number of sulfone groups is 1. The van der Waals surface area contributed by atoms with E-state index >= 15 is 0 Å². The zero-order chi connectivity index (χ0) is 40.8. The van der Waals surface area contributed by atoms with Crippen molar-refractivity contribution in [3.8, 4) is 11.1 Å². The standard InChI is InChI=1S/C23H25F3N3O3S.C16H18BrF3N3O/c1-33(30,31)20-4-2-3-19(15-20)17-5-7-18(8-6-17)21-16-22(23(24,25)26)27-29(21)10-9-28-11-13-32-14-12-28;17-13-3-1-12(2-4-13)14-11-15(16(18,19)20)21-23(14)6-5-22-7-9-24-10-8-22/h2-8,15H,9-14,16H2,1H3;1-4H,5-11H2/q2*+1. The minimum atomic E-state index is -4.48. The topological polar surface area (TPSA) is 89.8 Å². The summed E-state index contributed by atoms with van der Waals surface area (Å²) in [6, 6.07) is 21.0. The van der Waals surface area contributed by atoms with Crippen LogP contribution in [0, 0.1) is 0 Å². The van der Waals surface area contributed by atoms with Crippen LogP contribution >= 0.6 is 15.9 Å². The maximum atomic E-state index is 13.4. The molecule has 0 radical (unpaired) electrons. The molecule has 18 heteroatoms. The Morgan fingerprint density at radius 3 is 1.49 bits per heavy atom. The van der Waals surface area contributed by atoms with Crippen LogP contribution in [0.2, 0.25) is 0 Å². The van der Waals surface area contributed by atoms with Gasteiger partial charge in [-0.25, -0.2) is 8.42 Å². The van der Waals surface area contributed by atoms with E-state index in [9.17, 15) is 34.8 Å². The van der Waals surface area contributed by atoms with Crippen molar-refractivity contribution in [2.75, 3.05) is 85.0 Å². The first-order valence-corrected chi connectivity index (χ1v) is 21.1. The van der Waals surface area contributed by atoms with E-state index in [-0.39, 0.29) is 17.7 Å². The van der Waals surface area contributed by atoms with Crippen molar-refractivity contribution in [2.24, 2.45) is 10.2 Å². The summed E-state index contributed by atoms with van der Waals surface area (Å²) in [7, 11) is -3.34. The van der Waals surface area contributed by atoms with Gasteiger partial charge in [0.15, 0.2) is 34.4 Å². The summed E-state index contributed by atoms with van der Waals surface area (Å²) < 4.78 is 118. The number of nitrogens with zero attached hydrogens (tertiary/aromatic N) is 6. The van der Waals surface area contributed by atoms with Crippen LogP contribution in [0.4, 0.5) is 26.3 Å². The average Bonchev–Trinajstić information content (AvgIpc) is 3.83. The van der Waals surface area contributed by atoms with E-state index < -0.39 is 33.6 Å². The van der Waals surface area contributed by atoms with Gasteiger partial charge in [-0.05, 0) is 59.7 Å². The first kappa shape index (κ1) is 42.8. The number of alkyl halides is 6. The van der Waals surface area contributed by atoms with Crippen molar-refractivity contribution < 1.29 is 53.6 Å². The molecule has 0 unspecified atom stereocenters. The Kier molecular flexibility index (Phi) is 13.8. The summed E-state index contributed by atoms with van der Waals surface area (Å²) in [5.74, 6) is 0. The number of ether oxygens (including phenoxy) is 2. The van der Waals surface area contributed by atoms with E-state index in [1.807, 2.05) is 24.3 Å². The van der Waals surface area contributed by atoms with E-state index in [1.165, 1.54) is 15.4 Å². The molecule has 0 bridgehead atoms. The van der Waals surface area contributed by atoms with Gasteiger partial charge in [0.2, 0.25) is 11.4 Å². The molecule has 10 nitrogen and oxygen atoms in total. The normalized spacial score (nSPS) is 18.7. The number of hydrogen-bond donors (Lipinski definition) is 0. The Hall–Kier alpha value is -3.81. The van der Waals surface area contributed by atoms with Crippen LogP contribution in [0.5, 0.6) is 0 Å². The van der Waals surface area contributed by atoms with Crippen molar-refractivity contribution in [1.29, 1.82) is 0 Å². The van der Waals surface area contributed by atoms with Gasteiger partial charge >= 0.3 is 12.4 Å². The molecule has 0 atom stereocenters. The zero-order valence-electron chi connectivity index (χ0n) is 31.2. The van der Waals surface area contributed by atoms with Gasteiger partial charge in [-0.2, -0.15) is 26.3 Å². The summed E-state index contributed by atoms with van der Waals surface area (Å²) in [5, 5.41) is 7.73. The minimum absolute atomic E-state index is 0.186. The lowest BCUT2D eigenvalue weighted by Crippen LogP contribution is -2.39. The molecule has 0 aromatic heterocycles. The maximum absolute atomic E-state index is 13.4. The van der Waals surface area contributed by atoms with E-state index in [2.05, 4.69) is 35.9 Å². The quantitative estimate of drug-likeness (QED) is 0.180. The summed E-state index contributed by atoms with van der Waals surface area (Å²) >= 11 is 3.35. The predicted octanol–water partition coefficient (Wildman–Crippen LogP) is 6.12. The second kappa shape index (κ2) is 18.4. The van der Waals surface area contributed by atoms with Crippen molar-refractivity contribution in [3.63, 3.8) is 0 Å². The average molecular weight is 886 g/mol. The third-order valence-electron chi connectivity index (χ3n) is 9.88. The summed E-state index contributed by atoms with van der Waals surface area (Å²) in [6.45, 7) is 7.73. The van der Waals surface area contributed by atoms with E-state index in [0.717, 1.165) is 53.6 Å². The van der Waals surface area contributed by atoms with Crippen LogP contribution in [-0.4, -0.2) is 148 Å². The summed E-state index contributed by atoms with van der Waals surface area (Å²) in [4.78, 5) is 4.55. The molecule has 0 saturated carbocycles. The predicted molar refractivity (Wildman–Crippen MR) is 208 cm³/mol. The summed E-state index contributed by atoms with van der Waals surface area (Å²) in [6.07, 6.45) is -8.20. The smallest absolute Gasteiger partial charge is 0.379 e. The largest absolute Gasteiger partial charge is 0.435 e. The van der Waals surface area contributed by atoms with E-state index in [4.69, 9.17) is 9.47 Å². The lowest BCUT2D eigenvalue weighted by molar-refractivity contribution is -0.530. The van der Waals surface area contributed by atoms with Gasteiger partial charge < -0.3 is 9.47 Å². The highest BCUT2D eigenvalue weighted by atomic mass is 79.9. The molecule has 2 saturated heterocycles. The van der Waals surface area contributed by atoms with Gasteiger partial charge in [-0.3, -0.25) is 9.80 Å². The van der Waals surface area contributed by atoms with Gasteiger partial charge in [-0.1, -0.05) is 49.6 Å². The fraction of sp³-hybridized carbons (Fsp3) is 0.436. The van der Waals surface area contributed by atoms with Crippen LogP contribution in [0.3, 0.4) is 0 Å². The maximum Gasteiger partial charge on any atom is 0.435 e. The first-order chi connectivity index (χ1) is 27.0. The Bertz CT molecular complexity index is 2130. The van der Waals surface area contributed by atoms with Gasteiger partial charge in [0.05, 0.1) is 57.3 Å². The molecule has 0 aliphatic carbocycles. The molecule has 0 N–H and O–H groups in total. The molecular weight excluding hydrogens is 842 g/mol. The van der Waals surface area contributed by atoms with Gasteiger partial charge in [-0.15, -0.1) is 0 Å². The van der Waals surface area contributed by atoms with E-state index in [0.29, 0.717) is 69.6 Å². The number of rotatable bonds is 10. The van der Waals surface area contributed by atoms with Crippen LogP contribution in [0.15, 0.2) is 92.4 Å². The van der Waals surface area contributed by atoms with Gasteiger partial charge in [0.1, 0.15) is 0 Å². The Morgan fingerprint density at radius 1 is 0.649 bits per heavy atom. The fourth-order valence-corrected chi connectivity index (χ4v) is 7.63. The minimum Gasteiger partial charge on any atom is -0.379 e. The molecule has 3 aromatic rings. The second-order valence-electron chi connectivity index (χ2n) is 13.9. The number of hydrazone groups is 2. The molecular formula is C39H43BrF6N6O4S+2. The van der Waals surface area contributed by atoms with Crippen molar-refractivity contribution in [2.45, 2.75) is 30.1 Å². The van der Waals surface area contributed by atoms with Gasteiger partial charge in [0, 0.05) is 58.2 Å². The molecule has 306 valence electrons. The Labute approximate surface area is 335 Å². The highest BCUT2D eigenvalue weighted by molar-refractivity contribution is 9.10. The summed E-state index contributed by atoms with van der Waals surface area (Å²) in [5.41, 5.74) is 2.49. The molecule has 3 aromatic carbocycles. The third-order valence-corrected chi connectivity index (χ3v) is 11.5. The molecule has 7 rings (SSSR count). The third kappa shape index (κ3) is 11.7. The number of hydrogen-bond acceptors (Lipinski definition) is 8. The fourth-order valence-electron chi connectivity index (χ4n) is 6.69. The van der Waals surface area contributed by atoms with Crippen LogP contribution in [0.1, 0.15) is 24.0 Å². The SMILES string of the molecule is CS(=O)(=O)c1cccc(-c2ccc(C3=[N+](CCN4CCOCC4)N=C(C(F)(F)F)C3)cc2)c1.FC(F)(F)C1=N[N+](CCN2CCOCC2)=C(c2ccc(Br)cc2)C1. The van der Waals surface area contributed by atoms with Crippen LogP contribution in [-0.2, 0) is 19.3 Å². The lowest BCUT2D eigenvalue weighted by Gasteiger charge is -2.25. The van der Waals surface area contributed by atoms with Crippen LogP contribution in [0.25, 0.3) is 11.1 Å². The highest BCUT2D eigenvalue weighted by Gasteiger charge is 2.46. The molecule has 4 aliphatic rings. The Morgan fingerprint density at radius 2 is 1.07 bits per heavy atom. The molecule has 0 spiro atoms. The zero-order valence-corrected chi connectivity index (χ0v) is 33.6. The van der Waals surface area contributed by atoms with Gasteiger partial charge in [0.25, 0.3) is 0 Å². The number of benzene rings is 3. The number of morpholine rings is 2. The van der Waals surface area contributed by atoms with Crippen molar-refractivity contribution in [1.82, 2.24) is 9.80 Å². The highest BCUT2D eigenvalue weighted by Crippen LogP contribution is 2.28. The lowest BCUT2D eigenvalue weighted by atomic mass is 10.00. The molecule has 0 amide bonds. The first-order valence-electron chi connectivity index (χ1n) is 18.4. The second-order valence-corrected chi connectivity index (χ2v) is 16.8. The monoisotopic (exact) mass is 884 g/mol. The molecule has 4 aliphatic heterocycles. The molecule has 57 heavy (non-hydrogen) atoms. The van der Waals surface area contributed by atoms with Crippen molar-refractivity contribution >= 4 is 48.6 Å². The van der Waals surface area contributed by atoms with Crippen molar-refractivity contribution in [3.05, 3.63) is 88.4 Å². The van der Waals surface area contributed by atoms with E-state index in [1.54, 1.807) is 42.5 Å². The Balaban J connectivity index is 0.000000203.